The molecule has 5 rings (SSSR count). The summed E-state index contributed by atoms with van der Waals surface area (Å²) in [6.07, 6.45) is -3.74. The lowest BCUT2D eigenvalue weighted by Crippen LogP contribution is -2.74. The maximum Gasteiger partial charge on any atom is 0.303 e. The Kier molecular flexibility index (Phi) is 5.10. The molecule has 0 aliphatic carbocycles. The molecule has 7 atom stereocenters. The first kappa shape index (κ1) is 21.8. The zero-order chi connectivity index (χ0) is 22.8. The lowest BCUT2D eigenvalue weighted by molar-refractivity contribution is -0.264. The molecular formula is C23H29NO8. The summed E-state index contributed by atoms with van der Waals surface area (Å²) in [5.74, 6) is -2.50. The number of carbonyl (C=O) groups excluding carboxylic acids is 2. The van der Waals surface area contributed by atoms with Crippen LogP contribution in [0, 0.1) is 0 Å². The molecule has 0 bridgehead atoms. The Balaban J connectivity index is 1.47. The highest BCUT2D eigenvalue weighted by atomic mass is 16.9. The van der Waals surface area contributed by atoms with Crippen molar-refractivity contribution in [1.29, 1.82) is 0 Å². The molecule has 0 saturated carbocycles. The Morgan fingerprint density at radius 3 is 2.19 bits per heavy atom. The van der Waals surface area contributed by atoms with E-state index in [1.165, 1.54) is 6.92 Å². The van der Waals surface area contributed by atoms with Gasteiger partial charge in [0.2, 0.25) is 6.10 Å². The molecule has 9 nitrogen and oxygen atoms in total. The smallest absolute Gasteiger partial charge is 0.303 e. The van der Waals surface area contributed by atoms with Crippen molar-refractivity contribution in [2.75, 3.05) is 0 Å². The van der Waals surface area contributed by atoms with E-state index in [0.29, 0.717) is 6.54 Å². The van der Waals surface area contributed by atoms with Gasteiger partial charge in [0.05, 0.1) is 0 Å². The van der Waals surface area contributed by atoms with Crippen LogP contribution in [0.2, 0.25) is 0 Å². The van der Waals surface area contributed by atoms with E-state index < -0.39 is 60.4 Å². The number of likely N-dealkylation sites (tertiary alicyclic amines) is 1. The van der Waals surface area contributed by atoms with Crippen LogP contribution in [0.25, 0.3) is 0 Å². The zero-order valence-corrected chi connectivity index (χ0v) is 18.8. The lowest BCUT2D eigenvalue weighted by atomic mass is 9.84. The van der Waals surface area contributed by atoms with Gasteiger partial charge in [-0.2, -0.15) is 0 Å². The molecule has 4 aliphatic heterocycles. The summed E-state index contributed by atoms with van der Waals surface area (Å²) in [4.78, 5) is 26.4. The van der Waals surface area contributed by atoms with Crippen LogP contribution in [-0.4, -0.2) is 71.2 Å². The predicted molar refractivity (Wildman–Crippen MR) is 109 cm³/mol. The molecule has 9 heteroatoms. The summed E-state index contributed by atoms with van der Waals surface area (Å²) in [7, 11) is 0. The highest BCUT2D eigenvalue weighted by molar-refractivity contribution is 5.90. The maximum atomic E-state index is 13.0. The molecule has 0 spiro atoms. The Morgan fingerprint density at radius 2 is 1.53 bits per heavy atom. The van der Waals surface area contributed by atoms with Crippen molar-refractivity contribution < 1.29 is 38.0 Å². The number of hydrogen-bond donors (Lipinski definition) is 0. The van der Waals surface area contributed by atoms with Crippen molar-refractivity contribution in [3.05, 3.63) is 35.9 Å². The van der Waals surface area contributed by atoms with Crippen LogP contribution in [0.5, 0.6) is 0 Å². The summed E-state index contributed by atoms with van der Waals surface area (Å²) in [6, 6.07) is 9.08. The minimum Gasteiger partial charge on any atom is -0.450 e. The topological polar surface area (TPSA) is 92.8 Å². The van der Waals surface area contributed by atoms with Crippen LogP contribution in [0.1, 0.15) is 40.2 Å². The van der Waals surface area contributed by atoms with Crippen LogP contribution < -0.4 is 0 Å². The number of ether oxygens (including phenoxy) is 6. The third kappa shape index (κ3) is 3.72. The molecule has 4 aliphatic rings. The zero-order valence-electron chi connectivity index (χ0n) is 18.8. The predicted octanol–water partition coefficient (Wildman–Crippen LogP) is 1.73. The summed E-state index contributed by atoms with van der Waals surface area (Å²) in [5.41, 5.74) is 0.961. The summed E-state index contributed by atoms with van der Waals surface area (Å²) < 4.78 is 36.2. The Bertz CT molecular complexity index is 903. The van der Waals surface area contributed by atoms with Crippen molar-refractivity contribution in [3.8, 4) is 0 Å². The average molecular weight is 447 g/mol. The molecule has 1 amide bonds. The van der Waals surface area contributed by atoms with Crippen LogP contribution in [0.15, 0.2) is 30.3 Å². The first-order valence-electron chi connectivity index (χ1n) is 10.9. The molecule has 0 aromatic heterocycles. The SMILES string of the molecule is CC(=O)O[C@@H]1C(=O)N(Cc2ccccc2)[C@@H]1[C@H]1O[C@@H]2OC(C)(C)O[C@@H]2[C@H]2OC(C)(C)O[C@H]21. The number of nitrogens with zero attached hydrogens (tertiary/aromatic N) is 1. The monoisotopic (exact) mass is 447 g/mol. The summed E-state index contributed by atoms with van der Waals surface area (Å²) in [6.45, 7) is 8.94. The fourth-order valence-electron chi connectivity index (χ4n) is 5.07. The summed E-state index contributed by atoms with van der Waals surface area (Å²) >= 11 is 0. The molecule has 4 saturated heterocycles. The Labute approximate surface area is 186 Å². The fraction of sp³-hybridized carbons (Fsp3) is 0.652. The number of hydrogen-bond acceptors (Lipinski definition) is 8. The summed E-state index contributed by atoms with van der Waals surface area (Å²) in [5, 5.41) is 0. The van der Waals surface area contributed by atoms with Crippen molar-refractivity contribution in [2.45, 2.75) is 95.6 Å². The molecule has 4 heterocycles. The van der Waals surface area contributed by atoms with Crippen molar-refractivity contribution >= 4 is 11.9 Å². The van der Waals surface area contributed by atoms with Crippen molar-refractivity contribution in [1.82, 2.24) is 4.90 Å². The molecule has 174 valence electrons. The third-order valence-corrected chi connectivity index (χ3v) is 6.21. The van der Waals surface area contributed by atoms with Gasteiger partial charge in [0.1, 0.15) is 30.5 Å². The molecule has 1 aromatic rings. The van der Waals surface area contributed by atoms with Gasteiger partial charge in [-0.25, -0.2) is 0 Å². The number of benzene rings is 1. The van der Waals surface area contributed by atoms with Gasteiger partial charge in [0.15, 0.2) is 17.9 Å². The van der Waals surface area contributed by atoms with Crippen LogP contribution in [0.3, 0.4) is 0 Å². The second-order valence-electron chi connectivity index (χ2n) is 9.61. The number of β-lactam (4-membered cyclic amide) rings is 1. The number of esters is 1. The third-order valence-electron chi connectivity index (χ3n) is 6.21. The van der Waals surface area contributed by atoms with Crippen LogP contribution in [0.4, 0.5) is 0 Å². The molecule has 32 heavy (non-hydrogen) atoms. The fourth-order valence-corrected chi connectivity index (χ4v) is 5.07. The molecule has 0 N–H and O–H groups in total. The van der Waals surface area contributed by atoms with Crippen molar-refractivity contribution in [3.63, 3.8) is 0 Å². The minimum absolute atomic E-state index is 0.265. The van der Waals surface area contributed by atoms with Gasteiger partial charge in [-0.1, -0.05) is 30.3 Å². The maximum absolute atomic E-state index is 13.0. The van der Waals surface area contributed by atoms with E-state index >= 15 is 0 Å². The lowest BCUT2D eigenvalue weighted by Gasteiger charge is -2.52. The molecule has 1 aromatic carbocycles. The van der Waals surface area contributed by atoms with Gasteiger partial charge >= 0.3 is 5.97 Å². The van der Waals surface area contributed by atoms with E-state index in [4.69, 9.17) is 28.4 Å². The van der Waals surface area contributed by atoms with E-state index in [2.05, 4.69) is 0 Å². The largest absolute Gasteiger partial charge is 0.450 e. The number of amides is 1. The first-order valence-corrected chi connectivity index (χ1v) is 10.9. The molecule has 0 unspecified atom stereocenters. The van der Waals surface area contributed by atoms with E-state index in [-0.39, 0.29) is 5.91 Å². The second kappa shape index (κ2) is 7.50. The number of fused-ring (bicyclic) bond motifs is 3. The molecular weight excluding hydrogens is 418 g/mol. The van der Waals surface area contributed by atoms with Gasteiger partial charge < -0.3 is 33.3 Å². The van der Waals surface area contributed by atoms with Gasteiger partial charge in [0, 0.05) is 13.5 Å². The van der Waals surface area contributed by atoms with Crippen molar-refractivity contribution in [2.24, 2.45) is 0 Å². The second-order valence-corrected chi connectivity index (χ2v) is 9.61. The molecule has 0 radical (unpaired) electrons. The van der Waals surface area contributed by atoms with E-state index in [9.17, 15) is 9.59 Å². The Hall–Kier alpha value is -2.04. The van der Waals surface area contributed by atoms with Gasteiger partial charge in [0.25, 0.3) is 5.91 Å². The highest BCUT2D eigenvalue weighted by Crippen LogP contribution is 2.47. The van der Waals surface area contributed by atoms with Gasteiger partial charge in [-0.05, 0) is 33.3 Å². The first-order chi connectivity index (χ1) is 15.0. The van der Waals surface area contributed by atoms with E-state index in [1.807, 2.05) is 58.0 Å². The standard InChI is InChI=1S/C23H29NO8/c1-12(25)27-16-14(24(20(16)26)11-13-9-7-6-8-10-13)15-17-18(30-22(2,3)29-17)19-21(28-15)32-23(4,5)31-19/h6-10,14-19,21H,11H2,1-5H3/t14-,15-,16+,17+,18+,19-,21-/m1/s1. The van der Waals surface area contributed by atoms with E-state index in [0.717, 1.165) is 5.56 Å². The average Bonchev–Trinajstić information content (AvgIpc) is 3.21. The van der Waals surface area contributed by atoms with Gasteiger partial charge in [-0.15, -0.1) is 0 Å². The molecule has 4 fully saturated rings. The minimum atomic E-state index is -0.957. The quantitative estimate of drug-likeness (QED) is 0.509. The number of carbonyl (C=O) groups is 2. The van der Waals surface area contributed by atoms with Gasteiger partial charge in [-0.3, -0.25) is 9.59 Å². The normalized spacial score (nSPS) is 39.2. The van der Waals surface area contributed by atoms with Crippen LogP contribution >= 0.6 is 0 Å². The van der Waals surface area contributed by atoms with E-state index in [1.54, 1.807) is 4.90 Å². The number of rotatable bonds is 4. The highest BCUT2D eigenvalue weighted by Gasteiger charge is 2.66. The Morgan fingerprint density at radius 1 is 0.938 bits per heavy atom. The van der Waals surface area contributed by atoms with Crippen LogP contribution in [-0.2, 0) is 44.6 Å².